The number of thiocarbonyl (C=S) groups is 1. The molecule has 0 saturated carbocycles. The van der Waals surface area contributed by atoms with Crippen LogP contribution in [0.15, 0.2) is 53.0 Å². The molecule has 0 heterocycles. The molecule has 0 atom stereocenters. The lowest BCUT2D eigenvalue weighted by Crippen LogP contribution is -2.28. The van der Waals surface area contributed by atoms with Gasteiger partial charge in [-0.15, -0.1) is 0 Å². The molecule has 2 aromatic carbocycles. The van der Waals surface area contributed by atoms with Gasteiger partial charge in [-0.25, -0.2) is 0 Å². The molecular formula is C15H15BrN2S. The zero-order valence-corrected chi connectivity index (χ0v) is 13.0. The summed E-state index contributed by atoms with van der Waals surface area (Å²) in [4.78, 5) is 0. The van der Waals surface area contributed by atoms with Crippen LogP contribution in [0.1, 0.15) is 11.1 Å². The van der Waals surface area contributed by atoms with Crippen molar-refractivity contribution in [2.75, 3.05) is 5.32 Å². The minimum atomic E-state index is 0.626. The van der Waals surface area contributed by atoms with Gasteiger partial charge in [0, 0.05) is 16.7 Å². The molecule has 0 aliphatic rings. The minimum absolute atomic E-state index is 0.626. The lowest BCUT2D eigenvalue weighted by molar-refractivity contribution is 0.915. The molecule has 2 N–H and O–H groups in total. The molecule has 0 radical (unpaired) electrons. The Balaban J connectivity index is 1.90. The Morgan fingerprint density at radius 1 is 1.16 bits per heavy atom. The number of hydrogen-bond donors (Lipinski definition) is 2. The van der Waals surface area contributed by atoms with Gasteiger partial charge in [0.05, 0.1) is 0 Å². The third-order valence-electron chi connectivity index (χ3n) is 2.78. The van der Waals surface area contributed by atoms with Gasteiger partial charge in [-0.3, -0.25) is 0 Å². The number of halogens is 1. The molecule has 0 aliphatic carbocycles. The van der Waals surface area contributed by atoms with E-state index in [0.29, 0.717) is 5.11 Å². The van der Waals surface area contributed by atoms with Crippen molar-refractivity contribution in [3.8, 4) is 0 Å². The van der Waals surface area contributed by atoms with Crippen molar-refractivity contribution >= 4 is 38.9 Å². The number of benzene rings is 2. The van der Waals surface area contributed by atoms with E-state index < -0.39 is 0 Å². The highest BCUT2D eigenvalue weighted by Crippen LogP contribution is 2.15. The summed E-state index contributed by atoms with van der Waals surface area (Å²) < 4.78 is 1.03. The summed E-state index contributed by atoms with van der Waals surface area (Å²) in [6, 6.07) is 16.2. The lowest BCUT2D eigenvalue weighted by Gasteiger charge is -2.12. The number of hydrogen-bond acceptors (Lipinski definition) is 1. The van der Waals surface area contributed by atoms with E-state index >= 15 is 0 Å². The van der Waals surface area contributed by atoms with Crippen molar-refractivity contribution in [1.82, 2.24) is 5.32 Å². The molecule has 0 spiro atoms. The first kappa shape index (κ1) is 14.0. The molecule has 4 heteroatoms. The van der Waals surface area contributed by atoms with Crippen LogP contribution >= 0.6 is 28.1 Å². The Kier molecular flexibility index (Phi) is 4.93. The van der Waals surface area contributed by atoms with Crippen LogP contribution in [0.5, 0.6) is 0 Å². The Morgan fingerprint density at radius 3 is 2.68 bits per heavy atom. The zero-order chi connectivity index (χ0) is 13.7. The van der Waals surface area contributed by atoms with Gasteiger partial charge in [-0.05, 0) is 48.5 Å². The van der Waals surface area contributed by atoms with Crippen LogP contribution in [-0.2, 0) is 6.54 Å². The van der Waals surface area contributed by atoms with Crippen LogP contribution in [0.3, 0.4) is 0 Å². The Bertz CT molecular complexity index is 584. The molecule has 98 valence electrons. The molecule has 0 aromatic heterocycles. The maximum absolute atomic E-state index is 5.28. The van der Waals surface area contributed by atoms with E-state index in [9.17, 15) is 0 Å². The Morgan fingerprint density at radius 2 is 1.95 bits per heavy atom. The van der Waals surface area contributed by atoms with Gasteiger partial charge in [-0.1, -0.05) is 46.3 Å². The van der Waals surface area contributed by atoms with Gasteiger partial charge >= 0.3 is 0 Å². The summed E-state index contributed by atoms with van der Waals surface area (Å²) in [5.41, 5.74) is 3.48. The van der Waals surface area contributed by atoms with E-state index in [4.69, 9.17) is 12.2 Å². The Labute approximate surface area is 127 Å². The normalized spacial score (nSPS) is 10.0. The van der Waals surface area contributed by atoms with Crippen molar-refractivity contribution in [1.29, 1.82) is 0 Å². The van der Waals surface area contributed by atoms with Gasteiger partial charge < -0.3 is 10.6 Å². The molecule has 0 bridgehead atoms. The zero-order valence-electron chi connectivity index (χ0n) is 10.6. The Hall–Kier alpha value is -1.39. The first-order chi connectivity index (χ1) is 9.15. The first-order valence-corrected chi connectivity index (χ1v) is 7.20. The van der Waals surface area contributed by atoms with Crippen LogP contribution in [0, 0.1) is 6.92 Å². The summed E-state index contributed by atoms with van der Waals surface area (Å²) in [5.74, 6) is 0. The third kappa shape index (κ3) is 4.33. The van der Waals surface area contributed by atoms with Gasteiger partial charge in [0.15, 0.2) is 5.11 Å². The molecule has 2 rings (SSSR count). The van der Waals surface area contributed by atoms with E-state index in [-0.39, 0.29) is 0 Å². The van der Waals surface area contributed by atoms with Crippen LogP contribution in [0.25, 0.3) is 0 Å². The quantitative estimate of drug-likeness (QED) is 0.821. The number of anilines is 1. The highest BCUT2D eigenvalue weighted by Gasteiger charge is 2.00. The SMILES string of the molecule is Cc1ccccc1CNC(=S)Nc1cccc(Br)c1. The van der Waals surface area contributed by atoms with Gasteiger partial charge in [0.25, 0.3) is 0 Å². The van der Waals surface area contributed by atoms with Gasteiger partial charge in [0.2, 0.25) is 0 Å². The van der Waals surface area contributed by atoms with Crippen molar-refractivity contribution in [2.24, 2.45) is 0 Å². The maximum Gasteiger partial charge on any atom is 0.171 e. The van der Waals surface area contributed by atoms with E-state index in [1.165, 1.54) is 11.1 Å². The summed E-state index contributed by atoms with van der Waals surface area (Å²) in [6.07, 6.45) is 0. The van der Waals surface area contributed by atoms with Crippen molar-refractivity contribution < 1.29 is 0 Å². The van der Waals surface area contributed by atoms with Crippen LogP contribution in [0.4, 0.5) is 5.69 Å². The number of rotatable bonds is 3. The smallest absolute Gasteiger partial charge is 0.171 e. The molecule has 0 amide bonds. The first-order valence-electron chi connectivity index (χ1n) is 6.00. The second-order valence-electron chi connectivity index (χ2n) is 4.24. The second-order valence-corrected chi connectivity index (χ2v) is 5.57. The van der Waals surface area contributed by atoms with Crippen molar-refractivity contribution in [2.45, 2.75) is 13.5 Å². The monoisotopic (exact) mass is 334 g/mol. The second kappa shape index (κ2) is 6.68. The molecule has 19 heavy (non-hydrogen) atoms. The molecular weight excluding hydrogens is 320 g/mol. The molecule has 2 nitrogen and oxygen atoms in total. The number of nitrogens with one attached hydrogen (secondary N) is 2. The predicted molar refractivity (Wildman–Crippen MR) is 88.4 cm³/mol. The largest absolute Gasteiger partial charge is 0.358 e. The lowest BCUT2D eigenvalue weighted by atomic mass is 10.1. The minimum Gasteiger partial charge on any atom is -0.358 e. The highest BCUT2D eigenvalue weighted by atomic mass is 79.9. The summed E-state index contributed by atoms with van der Waals surface area (Å²) >= 11 is 8.72. The van der Waals surface area contributed by atoms with Crippen LogP contribution < -0.4 is 10.6 Å². The molecule has 0 fully saturated rings. The molecule has 2 aromatic rings. The topological polar surface area (TPSA) is 24.1 Å². The fourth-order valence-electron chi connectivity index (χ4n) is 1.73. The summed E-state index contributed by atoms with van der Waals surface area (Å²) in [5, 5.41) is 7.00. The fraction of sp³-hybridized carbons (Fsp3) is 0.133. The van der Waals surface area contributed by atoms with E-state index in [1.807, 2.05) is 36.4 Å². The van der Waals surface area contributed by atoms with Crippen LogP contribution in [-0.4, -0.2) is 5.11 Å². The van der Waals surface area contributed by atoms with Crippen molar-refractivity contribution in [3.05, 3.63) is 64.1 Å². The predicted octanol–water partition coefficient (Wildman–Crippen LogP) is 4.24. The fourth-order valence-corrected chi connectivity index (χ4v) is 2.31. The van der Waals surface area contributed by atoms with E-state index in [1.54, 1.807) is 0 Å². The van der Waals surface area contributed by atoms with Crippen molar-refractivity contribution in [3.63, 3.8) is 0 Å². The molecule has 0 saturated heterocycles. The van der Waals surface area contributed by atoms with Gasteiger partial charge in [-0.2, -0.15) is 0 Å². The van der Waals surface area contributed by atoms with Gasteiger partial charge in [0.1, 0.15) is 0 Å². The average molecular weight is 335 g/mol. The summed E-state index contributed by atoms with van der Waals surface area (Å²) in [7, 11) is 0. The van der Waals surface area contributed by atoms with E-state index in [0.717, 1.165) is 16.7 Å². The highest BCUT2D eigenvalue weighted by molar-refractivity contribution is 9.10. The summed E-state index contributed by atoms with van der Waals surface area (Å²) in [6.45, 7) is 2.83. The van der Waals surface area contributed by atoms with Crippen LogP contribution in [0.2, 0.25) is 0 Å². The number of aryl methyl sites for hydroxylation is 1. The maximum atomic E-state index is 5.28. The standard InChI is InChI=1S/C15H15BrN2S/c1-11-5-2-3-6-12(11)10-17-15(19)18-14-8-4-7-13(16)9-14/h2-9H,10H2,1H3,(H2,17,18,19). The van der Waals surface area contributed by atoms with E-state index in [2.05, 4.69) is 45.6 Å². The third-order valence-corrected chi connectivity index (χ3v) is 3.52. The molecule has 0 aliphatic heterocycles. The molecule has 0 unspecified atom stereocenters. The average Bonchev–Trinajstić information content (AvgIpc) is 2.38.